The van der Waals surface area contributed by atoms with Crippen LogP contribution in [0, 0.1) is 0 Å². The first kappa shape index (κ1) is 17.1. The lowest BCUT2D eigenvalue weighted by Crippen LogP contribution is -2.27. The third kappa shape index (κ3) is 4.89. The lowest BCUT2D eigenvalue weighted by Gasteiger charge is -2.16. The van der Waals surface area contributed by atoms with Crippen LogP contribution < -0.4 is 5.32 Å². The summed E-state index contributed by atoms with van der Waals surface area (Å²) in [5.41, 5.74) is 1.13. The second-order valence-electron chi connectivity index (χ2n) is 4.51. The van der Waals surface area contributed by atoms with Gasteiger partial charge < -0.3 is 10.2 Å². The van der Waals surface area contributed by atoms with Crippen molar-refractivity contribution in [2.24, 2.45) is 0 Å². The van der Waals surface area contributed by atoms with Gasteiger partial charge in [-0.05, 0) is 24.0 Å². The smallest absolute Gasteiger partial charge is 0.233 e. The van der Waals surface area contributed by atoms with Gasteiger partial charge in [-0.2, -0.15) is 0 Å². The summed E-state index contributed by atoms with van der Waals surface area (Å²) in [7, 11) is 3.63. The van der Waals surface area contributed by atoms with Gasteiger partial charge in [0.25, 0.3) is 0 Å². The zero-order valence-corrected chi connectivity index (χ0v) is 15.1. The molecule has 0 atom stereocenters. The summed E-state index contributed by atoms with van der Waals surface area (Å²) in [5.74, 6) is 0.456. The van der Waals surface area contributed by atoms with Gasteiger partial charge in [-0.25, -0.2) is 0 Å². The molecule has 0 aliphatic carbocycles. The van der Waals surface area contributed by atoms with E-state index in [0.717, 1.165) is 15.0 Å². The normalized spacial score (nSPS) is 10.5. The molecule has 0 bridgehead atoms. The van der Waals surface area contributed by atoms with Crippen LogP contribution in [0.15, 0.2) is 33.5 Å². The molecule has 1 amide bonds. The molecular formula is C14H18N4OS3. The Balaban J connectivity index is 1.83. The van der Waals surface area contributed by atoms with Crippen molar-refractivity contribution in [1.29, 1.82) is 0 Å². The first-order valence-electron chi connectivity index (χ1n) is 6.63. The van der Waals surface area contributed by atoms with Gasteiger partial charge in [0.05, 0.1) is 5.75 Å². The predicted octanol–water partition coefficient (Wildman–Crippen LogP) is 3.05. The maximum Gasteiger partial charge on any atom is 0.233 e. The van der Waals surface area contributed by atoms with Crippen molar-refractivity contribution in [3.63, 3.8) is 0 Å². The first-order chi connectivity index (χ1) is 10.6. The molecule has 8 heteroatoms. The van der Waals surface area contributed by atoms with Gasteiger partial charge in [0, 0.05) is 25.5 Å². The predicted molar refractivity (Wildman–Crippen MR) is 94.9 cm³/mol. The Morgan fingerprint density at radius 1 is 1.32 bits per heavy atom. The second kappa shape index (κ2) is 8.40. The van der Waals surface area contributed by atoms with Gasteiger partial charge in [0.1, 0.15) is 0 Å². The van der Waals surface area contributed by atoms with Crippen LogP contribution in [0.5, 0.6) is 0 Å². The van der Waals surface area contributed by atoms with E-state index in [-0.39, 0.29) is 5.91 Å². The second-order valence-corrected chi connectivity index (χ2v) is 7.59. The SMILES string of the molecule is CNc1nnc(SCC(=O)N(C)Cc2ccc(SC)cc2)s1. The van der Waals surface area contributed by atoms with E-state index in [4.69, 9.17) is 0 Å². The number of thioether (sulfide) groups is 2. The Morgan fingerprint density at radius 2 is 2.05 bits per heavy atom. The van der Waals surface area contributed by atoms with Crippen LogP contribution in [0.1, 0.15) is 5.56 Å². The fourth-order valence-corrected chi connectivity index (χ4v) is 3.75. The van der Waals surface area contributed by atoms with E-state index in [2.05, 4.69) is 46.0 Å². The number of nitrogens with zero attached hydrogens (tertiary/aromatic N) is 3. The fraction of sp³-hybridized carbons (Fsp3) is 0.357. The summed E-state index contributed by atoms with van der Waals surface area (Å²) >= 11 is 4.58. The van der Waals surface area contributed by atoms with Crippen molar-refractivity contribution in [3.8, 4) is 0 Å². The Kier molecular flexibility index (Phi) is 6.53. The monoisotopic (exact) mass is 354 g/mol. The Bertz CT molecular complexity index is 615. The zero-order valence-electron chi connectivity index (χ0n) is 12.7. The summed E-state index contributed by atoms with van der Waals surface area (Å²) < 4.78 is 0.801. The molecule has 118 valence electrons. The van der Waals surface area contributed by atoms with Gasteiger partial charge in [0.2, 0.25) is 11.0 Å². The summed E-state index contributed by atoms with van der Waals surface area (Å²) in [6.07, 6.45) is 2.05. The summed E-state index contributed by atoms with van der Waals surface area (Å²) in [4.78, 5) is 15.1. The molecule has 5 nitrogen and oxygen atoms in total. The molecule has 1 N–H and O–H groups in total. The number of amides is 1. The highest BCUT2D eigenvalue weighted by atomic mass is 32.2. The standard InChI is InChI=1S/C14H18N4OS3/c1-15-13-16-17-14(22-13)21-9-12(19)18(2)8-10-4-6-11(20-3)7-5-10/h4-7H,8-9H2,1-3H3,(H,15,16). The molecule has 0 aliphatic rings. The number of hydrogen-bond donors (Lipinski definition) is 1. The number of hydrogen-bond acceptors (Lipinski definition) is 7. The number of aromatic nitrogens is 2. The average Bonchev–Trinajstić information content (AvgIpc) is 3.01. The van der Waals surface area contributed by atoms with E-state index in [0.29, 0.717) is 12.3 Å². The Labute approximate surface area is 142 Å². The van der Waals surface area contributed by atoms with Gasteiger partial charge >= 0.3 is 0 Å². The van der Waals surface area contributed by atoms with E-state index in [1.807, 2.05) is 7.05 Å². The Hall–Kier alpha value is -1.25. The molecule has 2 rings (SSSR count). The highest BCUT2D eigenvalue weighted by Gasteiger charge is 2.12. The molecule has 0 unspecified atom stereocenters. The molecule has 0 saturated heterocycles. The van der Waals surface area contributed by atoms with Crippen LogP contribution in [0.2, 0.25) is 0 Å². The highest BCUT2D eigenvalue weighted by Crippen LogP contribution is 2.25. The average molecular weight is 355 g/mol. The lowest BCUT2D eigenvalue weighted by molar-refractivity contribution is -0.127. The molecule has 1 aromatic carbocycles. The zero-order chi connectivity index (χ0) is 15.9. The van der Waals surface area contributed by atoms with Gasteiger partial charge in [-0.3, -0.25) is 4.79 Å². The van der Waals surface area contributed by atoms with E-state index >= 15 is 0 Å². The number of nitrogens with one attached hydrogen (secondary N) is 1. The summed E-state index contributed by atoms with van der Waals surface area (Å²) in [5, 5.41) is 11.7. The molecular weight excluding hydrogens is 336 g/mol. The summed E-state index contributed by atoms with van der Waals surface area (Å²) in [6, 6.07) is 8.28. The molecule has 2 aromatic rings. The van der Waals surface area contributed by atoms with Crippen molar-refractivity contribution in [1.82, 2.24) is 15.1 Å². The van der Waals surface area contributed by atoms with Gasteiger partial charge in [-0.1, -0.05) is 35.2 Å². The molecule has 0 spiro atoms. The molecule has 0 saturated carbocycles. The van der Waals surface area contributed by atoms with Crippen molar-refractivity contribution < 1.29 is 4.79 Å². The number of rotatable bonds is 7. The third-order valence-electron chi connectivity index (χ3n) is 2.94. The van der Waals surface area contributed by atoms with Crippen LogP contribution in [0.3, 0.4) is 0 Å². The molecule has 22 heavy (non-hydrogen) atoms. The molecule has 1 aromatic heterocycles. The molecule has 0 fully saturated rings. The minimum atomic E-state index is 0.0835. The minimum Gasteiger partial charge on any atom is -0.363 e. The minimum absolute atomic E-state index is 0.0835. The highest BCUT2D eigenvalue weighted by molar-refractivity contribution is 8.01. The van der Waals surface area contributed by atoms with Crippen LogP contribution in [-0.4, -0.2) is 47.1 Å². The number of carbonyl (C=O) groups excluding carboxylic acids is 1. The molecule has 0 aliphatic heterocycles. The van der Waals surface area contributed by atoms with Crippen molar-refractivity contribution >= 4 is 45.9 Å². The molecule has 0 radical (unpaired) electrons. The van der Waals surface area contributed by atoms with E-state index < -0.39 is 0 Å². The van der Waals surface area contributed by atoms with Gasteiger partial charge in [-0.15, -0.1) is 22.0 Å². The lowest BCUT2D eigenvalue weighted by atomic mass is 10.2. The quantitative estimate of drug-likeness (QED) is 0.771. The van der Waals surface area contributed by atoms with Crippen LogP contribution in [0.25, 0.3) is 0 Å². The third-order valence-corrected chi connectivity index (χ3v) is 5.75. The van der Waals surface area contributed by atoms with Crippen LogP contribution in [0.4, 0.5) is 5.13 Å². The maximum absolute atomic E-state index is 12.2. The van der Waals surface area contributed by atoms with E-state index in [9.17, 15) is 4.79 Å². The maximum atomic E-state index is 12.2. The number of carbonyl (C=O) groups is 1. The van der Waals surface area contributed by atoms with Crippen molar-refractivity contribution in [2.45, 2.75) is 15.8 Å². The number of anilines is 1. The molecule has 1 heterocycles. The van der Waals surface area contributed by atoms with E-state index in [1.165, 1.54) is 28.0 Å². The largest absolute Gasteiger partial charge is 0.363 e. The van der Waals surface area contributed by atoms with Crippen LogP contribution in [-0.2, 0) is 11.3 Å². The summed E-state index contributed by atoms with van der Waals surface area (Å²) in [6.45, 7) is 0.617. The van der Waals surface area contributed by atoms with Crippen LogP contribution >= 0.6 is 34.9 Å². The van der Waals surface area contributed by atoms with E-state index in [1.54, 1.807) is 23.7 Å². The fourth-order valence-electron chi connectivity index (χ4n) is 1.70. The van der Waals surface area contributed by atoms with Crippen molar-refractivity contribution in [3.05, 3.63) is 29.8 Å². The topological polar surface area (TPSA) is 58.1 Å². The van der Waals surface area contributed by atoms with Gasteiger partial charge in [0.15, 0.2) is 4.34 Å². The number of benzene rings is 1. The first-order valence-corrected chi connectivity index (χ1v) is 9.66. The Morgan fingerprint density at radius 3 is 2.64 bits per heavy atom. The van der Waals surface area contributed by atoms with Crippen molar-refractivity contribution in [2.75, 3.05) is 31.4 Å².